The number of sulfonamides is 1. The molecular formula is C44H41FN2O7S. The average Bonchev–Trinajstić information content (AvgIpc) is 3.18. The number of esters is 1. The normalized spacial score (nSPS) is 15.6. The number of β-lactam (4-membered cyclic amide) rings is 1. The molecule has 55 heavy (non-hydrogen) atoms. The summed E-state index contributed by atoms with van der Waals surface area (Å²) in [5, 5.41) is 0. The summed E-state index contributed by atoms with van der Waals surface area (Å²) in [7, 11) is -3.37. The number of hydrogen-bond donors (Lipinski definition) is 1. The summed E-state index contributed by atoms with van der Waals surface area (Å²) in [4.78, 5) is 28.0. The Morgan fingerprint density at radius 3 is 2.11 bits per heavy atom. The Morgan fingerprint density at radius 2 is 1.49 bits per heavy atom. The van der Waals surface area contributed by atoms with Crippen LogP contribution in [0.3, 0.4) is 0 Å². The topological polar surface area (TPSA) is 111 Å². The van der Waals surface area contributed by atoms with Crippen LogP contribution >= 0.6 is 0 Å². The maximum Gasteiger partial charge on any atom is 0.303 e. The van der Waals surface area contributed by atoms with Gasteiger partial charge < -0.3 is 19.1 Å². The molecule has 0 aromatic heterocycles. The van der Waals surface area contributed by atoms with Crippen LogP contribution in [-0.4, -0.2) is 33.1 Å². The molecule has 1 N–H and O–H groups in total. The molecule has 1 heterocycles. The van der Waals surface area contributed by atoms with Gasteiger partial charge in [-0.25, -0.2) is 17.5 Å². The van der Waals surface area contributed by atoms with Crippen molar-refractivity contribution in [2.24, 2.45) is 5.92 Å². The molecule has 6 rings (SSSR count). The fraction of sp³-hybridized carbons (Fsp3) is 0.227. The van der Waals surface area contributed by atoms with Gasteiger partial charge in [-0.05, 0) is 78.1 Å². The third kappa shape index (κ3) is 10.6. The van der Waals surface area contributed by atoms with Gasteiger partial charge in [0.1, 0.15) is 36.6 Å². The first-order chi connectivity index (χ1) is 26.5. The van der Waals surface area contributed by atoms with Gasteiger partial charge in [0, 0.05) is 29.8 Å². The van der Waals surface area contributed by atoms with Crippen molar-refractivity contribution in [3.63, 3.8) is 0 Å². The van der Waals surface area contributed by atoms with Gasteiger partial charge in [0.2, 0.25) is 15.9 Å². The Morgan fingerprint density at radius 1 is 0.855 bits per heavy atom. The number of carbonyl (C=O) groups excluding carboxylic acids is 2. The van der Waals surface area contributed by atoms with Gasteiger partial charge in [-0.1, -0.05) is 84.6 Å². The molecule has 1 saturated heterocycles. The lowest BCUT2D eigenvalue weighted by molar-refractivity contribution is -0.147. The van der Waals surface area contributed by atoms with Crippen molar-refractivity contribution >= 4 is 27.6 Å². The summed E-state index contributed by atoms with van der Waals surface area (Å²) in [5.74, 6) is 5.36. The number of hydrogen-bond acceptors (Lipinski definition) is 7. The van der Waals surface area contributed by atoms with Crippen LogP contribution in [0.1, 0.15) is 59.7 Å². The highest BCUT2D eigenvalue weighted by Gasteiger charge is 2.49. The van der Waals surface area contributed by atoms with Crippen LogP contribution in [0, 0.1) is 23.6 Å². The van der Waals surface area contributed by atoms with Crippen molar-refractivity contribution in [2.75, 3.05) is 17.7 Å². The minimum absolute atomic E-state index is 0.0297. The number of anilines is 1. The van der Waals surface area contributed by atoms with Gasteiger partial charge >= 0.3 is 5.97 Å². The summed E-state index contributed by atoms with van der Waals surface area (Å²) < 4.78 is 57.3. The minimum atomic E-state index is -3.37. The van der Waals surface area contributed by atoms with Crippen LogP contribution in [0.5, 0.6) is 11.5 Å². The van der Waals surface area contributed by atoms with E-state index >= 15 is 0 Å². The molecule has 5 aromatic rings. The van der Waals surface area contributed by atoms with Crippen molar-refractivity contribution in [3.8, 4) is 23.3 Å². The lowest BCUT2D eigenvalue weighted by Gasteiger charge is -2.48. The van der Waals surface area contributed by atoms with E-state index in [1.54, 1.807) is 41.3 Å². The third-order valence-corrected chi connectivity index (χ3v) is 9.76. The number of nitrogens with zero attached hydrogens (tertiary/aromatic N) is 1. The Bertz CT molecular complexity index is 2260. The molecule has 282 valence electrons. The zero-order chi connectivity index (χ0) is 38.8. The highest BCUT2D eigenvalue weighted by molar-refractivity contribution is 7.88. The zero-order valence-electron chi connectivity index (χ0n) is 30.5. The summed E-state index contributed by atoms with van der Waals surface area (Å²) in [6.07, 6.45) is 1.06. The predicted molar refractivity (Wildman–Crippen MR) is 208 cm³/mol. The first-order valence-electron chi connectivity index (χ1n) is 17.8. The summed E-state index contributed by atoms with van der Waals surface area (Å²) in [6.45, 7) is 1.93. The Labute approximate surface area is 321 Å². The third-order valence-electron chi connectivity index (χ3n) is 9.09. The lowest BCUT2D eigenvalue weighted by Crippen LogP contribution is -2.55. The minimum Gasteiger partial charge on any atom is -0.489 e. The molecule has 0 spiro atoms. The van der Waals surface area contributed by atoms with Crippen LogP contribution in [-0.2, 0) is 37.6 Å². The van der Waals surface area contributed by atoms with Gasteiger partial charge in [0.15, 0.2) is 0 Å². The number of ether oxygens (including phenoxy) is 3. The first-order valence-corrected chi connectivity index (χ1v) is 19.7. The summed E-state index contributed by atoms with van der Waals surface area (Å²) in [5.41, 5.74) is 4.67. The molecule has 11 heteroatoms. The largest absolute Gasteiger partial charge is 0.489 e. The molecule has 1 aliphatic rings. The molecule has 1 fully saturated rings. The van der Waals surface area contributed by atoms with Gasteiger partial charge in [-0.2, -0.15) is 0 Å². The molecule has 1 unspecified atom stereocenters. The number of nitrogens with one attached hydrogen (secondary N) is 1. The van der Waals surface area contributed by atoms with E-state index in [1.807, 2.05) is 78.9 Å². The van der Waals surface area contributed by atoms with Gasteiger partial charge in [0.05, 0.1) is 24.8 Å². The Kier molecular flexibility index (Phi) is 12.6. The zero-order valence-corrected chi connectivity index (χ0v) is 31.3. The number of halogens is 1. The van der Waals surface area contributed by atoms with E-state index in [-0.39, 0.29) is 19.1 Å². The molecule has 9 nitrogen and oxygen atoms in total. The van der Waals surface area contributed by atoms with E-state index in [9.17, 15) is 22.4 Å². The molecule has 0 aliphatic carbocycles. The van der Waals surface area contributed by atoms with Crippen LogP contribution in [0.2, 0.25) is 0 Å². The molecule has 0 saturated carbocycles. The van der Waals surface area contributed by atoms with Crippen LogP contribution < -0.4 is 19.1 Å². The lowest BCUT2D eigenvalue weighted by atomic mass is 9.77. The molecule has 5 aromatic carbocycles. The average molecular weight is 761 g/mol. The Balaban J connectivity index is 1.33. The monoisotopic (exact) mass is 760 g/mol. The van der Waals surface area contributed by atoms with Crippen molar-refractivity contribution in [2.45, 2.75) is 45.1 Å². The van der Waals surface area contributed by atoms with Crippen LogP contribution in [0.4, 0.5) is 10.1 Å². The number of rotatable bonds is 15. The number of carbonyl (C=O) groups is 2. The van der Waals surface area contributed by atoms with E-state index in [2.05, 4.69) is 16.6 Å². The molecule has 3 atom stereocenters. The van der Waals surface area contributed by atoms with Crippen molar-refractivity contribution < 1.29 is 36.6 Å². The fourth-order valence-corrected chi connectivity index (χ4v) is 6.78. The van der Waals surface area contributed by atoms with E-state index in [4.69, 9.17) is 14.2 Å². The molecular weight excluding hydrogens is 720 g/mol. The maximum atomic E-state index is 14.2. The second kappa shape index (κ2) is 17.9. The van der Waals surface area contributed by atoms with Gasteiger partial charge in [-0.15, -0.1) is 0 Å². The predicted octanol–water partition coefficient (Wildman–Crippen LogP) is 7.67. The van der Waals surface area contributed by atoms with E-state index in [0.29, 0.717) is 47.8 Å². The van der Waals surface area contributed by atoms with Crippen molar-refractivity contribution in [3.05, 3.63) is 161 Å². The van der Waals surface area contributed by atoms with E-state index in [1.165, 1.54) is 19.1 Å². The maximum absolute atomic E-state index is 14.2. The van der Waals surface area contributed by atoms with Gasteiger partial charge in [0.25, 0.3) is 0 Å². The standard InChI is InChI=1S/C44H41FN2O7S/c1-31(48)54-41(35-17-19-36(45)20-18-35)26-25-40-43(47(44(40)49)37-21-15-32(16-22-37)14-9-27-46-55(2,50)51)39-24-23-38(52-29-33-10-5-3-6-11-33)28-42(39)53-30-34-12-7-4-8-13-34/h3-8,10-13,15-24,28,40-41,43,46H,25-27,29-30H2,1-2H3/t40?,41-,43-/m1/s1. The number of benzene rings is 5. The smallest absolute Gasteiger partial charge is 0.303 e. The highest BCUT2D eigenvalue weighted by atomic mass is 32.2. The van der Waals surface area contributed by atoms with E-state index in [0.717, 1.165) is 22.9 Å². The van der Waals surface area contributed by atoms with Crippen LogP contribution in [0.15, 0.2) is 127 Å². The molecule has 0 radical (unpaired) electrons. The summed E-state index contributed by atoms with van der Waals surface area (Å²) >= 11 is 0. The molecule has 0 bridgehead atoms. The molecule has 1 amide bonds. The fourth-order valence-electron chi connectivity index (χ4n) is 6.44. The SMILES string of the molecule is CC(=O)O[C@H](CCC1C(=O)N(c2ccc(C#CCNS(C)(=O)=O)cc2)[C@@H]1c1ccc(OCc2ccccc2)cc1OCc1ccccc1)c1ccc(F)cc1. The van der Waals surface area contributed by atoms with Crippen LogP contribution in [0.25, 0.3) is 0 Å². The Hall–Kier alpha value is -5.96. The quantitative estimate of drug-likeness (QED) is 0.0663. The highest BCUT2D eigenvalue weighted by Crippen LogP contribution is 2.49. The van der Waals surface area contributed by atoms with Gasteiger partial charge in [-0.3, -0.25) is 9.59 Å². The van der Waals surface area contributed by atoms with Crippen molar-refractivity contribution in [1.82, 2.24) is 4.72 Å². The van der Waals surface area contributed by atoms with Crippen molar-refractivity contribution in [1.29, 1.82) is 0 Å². The second-order valence-corrected chi connectivity index (χ2v) is 15.0. The number of amides is 1. The molecule has 1 aliphatic heterocycles. The summed E-state index contributed by atoms with van der Waals surface area (Å²) in [6, 6.07) is 37.8. The second-order valence-electron chi connectivity index (χ2n) is 13.2. The first kappa shape index (κ1) is 38.8. The van der Waals surface area contributed by atoms with E-state index < -0.39 is 39.9 Å².